The third kappa shape index (κ3) is 4.90. The van der Waals surface area contributed by atoms with E-state index in [0.717, 1.165) is 36.2 Å². The summed E-state index contributed by atoms with van der Waals surface area (Å²) in [5, 5.41) is 10.7. The van der Waals surface area contributed by atoms with Gasteiger partial charge in [0.15, 0.2) is 0 Å². The highest BCUT2D eigenvalue weighted by atomic mass is 32.1. The Morgan fingerprint density at radius 3 is 1.72 bits per heavy atom. The van der Waals surface area contributed by atoms with Crippen LogP contribution in [0.4, 0.5) is 0 Å². The molecule has 4 aromatic heterocycles. The maximum Gasteiger partial charge on any atom is 0.354 e. The minimum atomic E-state index is -0.962. The first kappa shape index (κ1) is 23.5. The average molecular weight is 517 g/mol. The molecule has 4 heterocycles. The van der Waals surface area contributed by atoms with Crippen molar-refractivity contribution in [3.8, 4) is 21.1 Å². The molecule has 2 aromatic carbocycles. The Labute approximate surface area is 213 Å². The van der Waals surface area contributed by atoms with Crippen LogP contribution in [-0.2, 0) is 4.74 Å². The lowest BCUT2D eigenvalue weighted by Crippen LogP contribution is -2.04. The zero-order chi connectivity index (χ0) is 25.1. The van der Waals surface area contributed by atoms with E-state index in [4.69, 9.17) is 9.84 Å². The molecule has 0 unspecified atom stereocenters. The van der Waals surface area contributed by atoms with Crippen LogP contribution >= 0.6 is 22.7 Å². The van der Waals surface area contributed by atoms with Crippen molar-refractivity contribution >= 4 is 55.3 Å². The predicted molar refractivity (Wildman–Crippen MR) is 142 cm³/mol. The fraction of sp³-hybridized carbons (Fsp3) is 0.0769. The number of aromatic carboxylic acids is 1. The first-order valence-electron chi connectivity index (χ1n) is 11.0. The second kappa shape index (κ2) is 10.1. The molecular formula is C26H20N4O4S2. The summed E-state index contributed by atoms with van der Waals surface area (Å²) >= 11 is 3.04. The highest BCUT2D eigenvalue weighted by Gasteiger charge is 2.14. The number of thiazole rings is 2. The highest BCUT2D eigenvalue weighted by Crippen LogP contribution is 2.31. The quantitative estimate of drug-likeness (QED) is 0.226. The number of H-pyrrole nitrogens is 2. The zero-order valence-electron chi connectivity index (χ0n) is 19.0. The van der Waals surface area contributed by atoms with Gasteiger partial charge in [0.1, 0.15) is 32.7 Å². The van der Waals surface area contributed by atoms with Crippen LogP contribution in [0.5, 0.6) is 0 Å². The van der Waals surface area contributed by atoms with E-state index in [-0.39, 0.29) is 11.7 Å². The van der Waals surface area contributed by atoms with Crippen LogP contribution in [0, 0.1) is 0 Å². The van der Waals surface area contributed by atoms with Gasteiger partial charge in [0.25, 0.3) is 0 Å². The van der Waals surface area contributed by atoms with E-state index < -0.39 is 5.97 Å². The van der Waals surface area contributed by atoms with Gasteiger partial charge in [-0.3, -0.25) is 0 Å². The van der Waals surface area contributed by atoms with Gasteiger partial charge in [-0.2, -0.15) is 0 Å². The predicted octanol–water partition coefficient (Wildman–Crippen LogP) is 6.46. The van der Waals surface area contributed by atoms with E-state index >= 15 is 0 Å². The molecular weight excluding hydrogens is 496 g/mol. The summed E-state index contributed by atoms with van der Waals surface area (Å²) in [6, 6.07) is 23.2. The number of hydrogen-bond donors (Lipinski definition) is 3. The van der Waals surface area contributed by atoms with E-state index in [2.05, 4.69) is 19.9 Å². The Balaban J connectivity index is 0.000000149. The normalized spacial score (nSPS) is 10.8. The molecule has 180 valence electrons. The molecule has 0 saturated heterocycles. The monoisotopic (exact) mass is 516 g/mol. The SMILES string of the molecule is CCOC(=O)c1cc2sc(-c3ccccc3)nc2[nH]1.O=C(O)c1cc2sc(-c3ccccc3)nc2[nH]1. The molecule has 0 atom stereocenters. The van der Waals surface area contributed by atoms with Gasteiger partial charge in [-0.05, 0) is 19.1 Å². The van der Waals surface area contributed by atoms with Crippen LogP contribution in [0.15, 0.2) is 72.8 Å². The number of esters is 1. The number of benzene rings is 2. The number of nitrogens with zero attached hydrogens (tertiary/aromatic N) is 2. The average Bonchev–Trinajstić information content (AvgIpc) is 3.65. The fourth-order valence-corrected chi connectivity index (χ4v) is 5.41. The molecule has 0 radical (unpaired) electrons. The highest BCUT2D eigenvalue weighted by molar-refractivity contribution is 7.22. The van der Waals surface area contributed by atoms with Gasteiger partial charge >= 0.3 is 11.9 Å². The number of aromatic nitrogens is 4. The standard InChI is InChI=1S/C14H12N2O2S.C12H8N2O2S/c1-2-18-14(17)10-8-11-12(15-10)16-13(19-11)9-6-4-3-5-7-9;15-12(16)8-6-9-10(13-8)14-11(17-9)7-4-2-1-3-5-7/h3-8,15H,2H2,1H3;1-6,13H,(H,15,16). The Morgan fingerprint density at radius 1 is 0.806 bits per heavy atom. The molecule has 0 amide bonds. The number of hydrogen-bond acceptors (Lipinski definition) is 7. The minimum Gasteiger partial charge on any atom is -0.477 e. The number of carbonyl (C=O) groups is 2. The first-order valence-corrected chi connectivity index (χ1v) is 12.7. The van der Waals surface area contributed by atoms with Crippen molar-refractivity contribution in [2.45, 2.75) is 6.92 Å². The number of carbonyl (C=O) groups excluding carboxylic acids is 1. The van der Waals surface area contributed by atoms with Crippen molar-refractivity contribution in [3.63, 3.8) is 0 Å². The van der Waals surface area contributed by atoms with Gasteiger partial charge in [0.05, 0.1) is 16.0 Å². The number of aromatic amines is 2. The smallest absolute Gasteiger partial charge is 0.354 e. The van der Waals surface area contributed by atoms with Gasteiger partial charge < -0.3 is 19.8 Å². The zero-order valence-corrected chi connectivity index (χ0v) is 20.7. The largest absolute Gasteiger partial charge is 0.477 e. The second-order valence-electron chi connectivity index (χ2n) is 7.59. The van der Waals surface area contributed by atoms with Crippen LogP contribution in [0.25, 0.3) is 41.8 Å². The Kier molecular flexibility index (Phi) is 6.61. The van der Waals surface area contributed by atoms with E-state index in [0.29, 0.717) is 17.9 Å². The summed E-state index contributed by atoms with van der Waals surface area (Å²) in [5.41, 5.74) is 4.11. The third-order valence-corrected chi connectivity index (χ3v) is 7.23. The summed E-state index contributed by atoms with van der Waals surface area (Å²) < 4.78 is 6.77. The van der Waals surface area contributed by atoms with Crippen molar-refractivity contribution in [2.24, 2.45) is 0 Å². The maximum absolute atomic E-state index is 11.6. The number of ether oxygens (including phenoxy) is 1. The van der Waals surface area contributed by atoms with Gasteiger partial charge in [0.2, 0.25) is 0 Å². The van der Waals surface area contributed by atoms with Crippen LogP contribution in [0.1, 0.15) is 27.9 Å². The molecule has 0 fully saturated rings. The number of rotatable bonds is 5. The minimum absolute atomic E-state index is 0.179. The summed E-state index contributed by atoms with van der Waals surface area (Å²) in [7, 11) is 0. The van der Waals surface area contributed by atoms with Crippen molar-refractivity contribution in [1.29, 1.82) is 0 Å². The lowest BCUT2D eigenvalue weighted by atomic mass is 10.2. The molecule has 3 N–H and O–H groups in total. The number of carboxylic acids is 1. The van der Waals surface area contributed by atoms with Crippen LogP contribution in [0.3, 0.4) is 0 Å². The number of nitrogens with one attached hydrogen (secondary N) is 2. The van der Waals surface area contributed by atoms with E-state index in [1.165, 1.54) is 11.3 Å². The molecule has 6 rings (SSSR count). The molecule has 8 nitrogen and oxygen atoms in total. The van der Waals surface area contributed by atoms with Crippen molar-refractivity contribution in [3.05, 3.63) is 84.2 Å². The van der Waals surface area contributed by atoms with Crippen LogP contribution in [0.2, 0.25) is 0 Å². The summed E-state index contributed by atoms with van der Waals surface area (Å²) in [6.45, 7) is 2.16. The molecule has 0 spiro atoms. The summed E-state index contributed by atoms with van der Waals surface area (Å²) in [5.74, 6) is -1.30. The van der Waals surface area contributed by atoms with Gasteiger partial charge in [-0.25, -0.2) is 19.6 Å². The fourth-order valence-electron chi connectivity index (χ4n) is 3.47. The van der Waals surface area contributed by atoms with Crippen LogP contribution < -0.4 is 0 Å². The first-order chi connectivity index (χ1) is 17.5. The van der Waals surface area contributed by atoms with E-state index in [1.807, 2.05) is 60.7 Å². The number of carboxylic acid groups (broad SMARTS) is 1. The Morgan fingerprint density at radius 2 is 1.28 bits per heavy atom. The van der Waals surface area contributed by atoms with Gasteiger partial charge in [0, 0.05) is 11.1 Å². The molecule has 0 bridgehead atoms. The maximum atomic E-state index is 11.6. The third-order valence-electron chi connectivity index (χ3n) is 5.13. The lowest BCUT2D eigenvalue weighted by Gasteiger charge is -1.97. The van der Waals surface area contributed by atoms with E-state index in [1.54, 1.807) is 30.4 Å². The molecule has 10 heteroatoms. The summed E-state index contributed by atoms with van der Waals surface area (Å²) in [6.07, 6.45) is 0. The van der Waals surface area contributed by atoms with Crippen molar-refractivity contribution in [2.75, 3.05) is 6.61 Å². The lowest BCUT2D eigenvalue weighted by molar-refractivity contribution is 0.0520. The molecule has 0 saturated carbocycles. The Bertz CT molecular complexity index is 1590. The molecule has 6 aromatic rings. The van der Waals surface area contributed by atoms with E-state index in [9.17, 15) is 9.59 Å². The van der Waals surface area contributed by atoms with Crippen molar-refractivity contribution in [1.82, 2.24) is 19.9 Å². The Hall–Kier alpha value is -4.28. The molecule has 36 heavy (non-hydrogen) atoms. The molecule has 0 aliphatic heterocycles. The molecule has 0 aliphatic carbocycles. The van der Waals surface area contributed by atoms with Crippen LogP contribution in [-0.4, -0.2) is 43.6 Å². The number of fused-ring (bicyclic) bond motifs is 2. The van der Waals surface area contributed by atoms with Crippen molar-refractivity contribution < 1.29 is 19.4 Å². The molecule has 0 aliphatic rings. The van der Waals surface area contributed by atoms with Gasteiger partial charge in [-0.15, -0.1) is 22.7 Å². The van der Waals surface area contributed by atoms with Gasteiger partial charge in [-0.1, -0.05) is 60.7 Å². The topological polar surface area (TPSA) is 121 Å². The second-order valence-corrected chi connectivity index (χ2v) is 9.65. The summed E-state index contributed by atoms with van der Waals surface area (Å²) in [4.78, 5) is 37.0.